The van der Waals surface area contributed by atoms with Crippen LogP contribution in [0.2, 0.25) is 5.15 Å². The monoisotopic (exact) mass is 309 g/mol. The van der Waals surface area contributed by atoms with Gasteiger partial charge in [0.15, 0.2) is 5.82 Å². The standard InChI is InChI=1S/C9H9Cl2N3O3S/c10-7-2-12-3-8(13-7)14-4-6(1-9(14)15)5-18(11,16)17/h2-3,6H,1,4-5H2. The lowest BCUT2D eigenvalue weighted by Crippen LogP contribution is -2.26. The van der Waals surface area contributed by atoms with E-state index in [0.29, 0.717) is 5.82 Å². The predicted molar refractivity (Wildman–Crippen MR) is 67.1 cm³/mol. The summed E-state index contributed by atoms with van der Waals surface area (Å²) in [6.45, 7) is 0.250. The number of carbonyl (C=O) groups is 1. The predicted octanol–water partition coefficient (Wildman–Crippen LogP) is 1.05. The molecule has 0 bridgehead atoms. The molecule has 0 saturated carbocycles. The molecule has 1 aromatic rings. The average Bonchev–Trinajstić information content (AvgIpc) is 2.56. The van der Waals surface area contributed by atoms with Gasteiger partial charge in [0.25, 0.3) is 0 Å². The number of anilines is 1. The van der Waals surface area contributed by atoms with Crippen molar-refractivity contribution in [2.24, 2.45) is 5.92 Å². The zero-order valence-corrected chi connectivity index (χ0v) is 11.4. The molecule has 1 aromatic heterocycles. The molecular formula is C9H9Cl2N3O3S. The van der Waals surface area contributed by atoms with Crippen LogP contribution in [0, 0.1) is 5.92 Å². The Labute approximate surface area is 113 Å². The second-order valence-corrected chi connectivity index (χ2v) is 7.19. The van der Waals surface area contributed by atoms with Gasteiger partial charge in [0, 0.05) is 29.6 Å². The van der Waals surface area contributed by atoms with Gasteiger partial charge in [-0.2, -0.15) is 0 Å². The smallest absolute Gasteiger partial charge is 0.232 e. The Balaban J connectivity index is 2.15. The lowest BCUT2D eigenvalue weighted by Gasteiger charge is -2.14. The van der Waals surface area contributed by atoms with Gasteiger partial charge in [-0.15, -0.1) is 0 Å². The van der Waals surface area contributed by atoms with Crippen LogP contribution in [-0.2, 0) is 13.8 Å². The maximum absolute atomic E-state index is 11.8. The highest BCUT2D eigenvalue weighted by atomic mass is 35.7. The Morgan fingerprint density at radius 2 is 2.17 bits per heavy atom. The number of hydrogen-bond donors (Lipinski definition) is 0. The van der Waals surface area contributed by atoms with Crippen molar-refractivity contribution in [3.05, 3.63) is 17.5 Å². The van der Waals surface area contributed by atoms with E-state index in [1.165, 1.54) is 17.3 Å². The van der Waals surface area contributed by atoms with Crippen LogP contribution in [0.4, 0.5) is 5.82 Å². The van der Waals surface area contributed by atoms with Gasteiger partial charge in [-0.3, -0.25) is 14.7 Å². The highest BCUT2D eigenvalue weighted by Gasteiger charge is 2.33. The van der Waals surface area contributed by atoms with Gasteiger partial charge in [-0.25, -0.2) is 13.4 Å². The van der Waals surface area contributed by atoms with Crippen molar-refractivity contribution in [3.8, 4) is 0 Å². The van der Waals surface area contributed by atoms with Crippen molar-refractivity contribution >= 4 is 43.1 Å². The van der Waals surface area contributed by atoms with Crippen LogP contribution in [0.15, 0.2) is 12.4 Å². The molecule has 0 aromatic carbocycles. The van der Waals surface area contributed by atoms with Crippen LogP contribution in [0.3, 0.4) is 0 Å². The van der Waals surface area contributed by atoms with E-state index in [1.807, 2.05) is 0 Å². The molecular weight excluding hydrogens is 301 g/mol. The molecule has 1 saturated heterocycles. The third-order valence-electron chi connectivity index (χ3n) is 2.51. The highest BCUT2D eigenvalue weighted by molar-refractivity contribution is 8.13. The molecule has 1 amide bonds. The summed E-state index contributed by atoms with van der Waals surface area (Å²) in [5.41, 5.74) is 0. The van der Waals surface area contributed by atoms with Crippen molar-refractivity contribution in [2.75, 3.05) is 17.2 Å². The van der Waals surface area contributed by atoms with Gasteiger partial charge in [-0.1, -0.05) is 11.6 Å². The molecule has 1 fully saturated rings. The van der Waals surface area contributed by atoms with Crippen LogP contribution in [-0.4, -0.2) is 36.6 Å². The maximum Gasteiger partial charge on any atom is 0.232 e. The SMILES string of the molecule is O=C1CC(CS(=O)(=O)Cl)CN1c1cncc(Cl)n1. The van der Waals surface area contributed by atoms with Crippen molar-refractivity contribution < 1.29 is 13.2 Å². The van der Waals surface area contributed by atoms with Crippen LogP contribution in [0.1, 0.15) is 6.42 Å². The lowest BCUT2D eigenvalue weighted by atomic mass is 10.1. The highest BCUT2D eigenvalue weighted by Crippen LogP contribution is 2.25. The molecule has 1 atom stereocenters. The van der Waals surface area contributed by atoms with Crippen LogP contribution >= 0.6 is 22.3 Å². The van der Waals surface area contributed by atoms with E-state index >= 15 is 0 Å². The number of nitrogens with zero attached hydrogens (tertiary/aromatic N) is 3. The molecule has 0 spiro atoms. The van der Waals surface area contributed by atoms with E-state index in [-0.39, 0.29) is 35.7 Å². The molecule has 1 aliphatic rings. The molecule has 18 heavy (non-hydrogen) atoms. The Morgan fingerprint density at radius 1 is 1.44 bits per heavy atom. The molecule has 6 nitrogen and oxygen atoms in total. The minimum Gasteiger partial charge on any atom is -0.295 e. The fraction of sp³-hybridized carbons (Fsp3) is 0.444. The number of halogens is 2. The minimum atomic E-state index is -3.61. The molecule has 0 radical (unpaired) electrons. The van der Waals surface area contributed by atoms with Crippen molar-refractivity contribution in [1.82, 2.24) is 9.97 Å². The molecule has 0 N–H and O–H groups in total. The Bertz CT molecular complexity index is 578. The molecule has 1 aliphatic heterocycles. The Hall–Kier alpha value is -0.920. The number of hydrogen-bond acceptors (Lipinski definition) is 5. The summed E-state index contributed by atoms with van der Waals surface area (Å²) < 4.78 is 22.0. The zero-order valence-electron chi connectivity index (χ0n) is 9.08. The van der Waals surface area contributed by atoms with Crippen molar-refractivity contribution in [1.29, 1.82) is 0 Å². The fourth-order valence-corrected chi connectivity index (χ4v) is 3.32. The first-order valence-electron chi connectivity index (χ1n) is 5.05. The molecule has 9 heteroatoms. The summed E-state index contributed by atoms with van der Waals surface area (Å²) in [6.07, 6.45) is 2.88. The summed E-state index contributed by atoms with van der Waals surface area (Å²) in [4.78, 5) is 20.9. The fourth-order valence-electron chi connectivity index (χ4n) is 1.86. The van der Waals surface area contributed by atoms with Gasteiger partial charge < -0.3 is 0 Å². The van der Waals surface area contributed by atoms with Gasteiger partial charge in [0.1, 0.15) is 5.15 Å². The summed E-state index contributed by atoms with van der Waals surface area (Å²) in [6, 6.07) is 0. The first-order valence-corrected chi connectivity index (χ1v) is 7.91. The van der Waals surface area contributed by atoms with E-state index in [1.54, 1.807) is 0 Å². The first kappa shape index (κ1) is 13.5. The summed E-state index contributed by atoms with van der Waals surface area (Å²) in [7, 11) is 1.56. The molecule has 98 valence electrons. The van der Waals surface area contributed by atoms with E-state index in [9.17, 15) is 13.2 Å². The molecule has 1 unspecified atom stereocenters. The number of amides is 1. The lowest BCUT2D eigenvalue weighted by molar-refractivity contribution is -0.117. The number of aromatic nitrogens is 2. The van der Waals surface area contributed by atoms with E-state index in [4.69, 9.17) is 22.3 Å². The van der Waals surface area contributed by atoms with Gasteiger partial charge in [0.2, 0.25) is 15.0 Å². The van der Waals surface area contributed by atoms with Crippen molar-refractivity contribution in [2.45, 2.75) is 6.42 Å². The van der Waals surface area contributed by atoms with Gasteiger partial charge >= 0.3 is 0 Å². The van der Waals surface area contributed by atoms with Gasteiger partial charge in [-0.05, 0) is 0 Å². The largest absolute Gasteiger partial charge is 0.295 e. The van der Waals surface area contributed by atoms with Gasteiger partial charge in [0.05, 0.1) is 18.1 Å². The minimum absolute atomic E-state index is 0.125. The topological polar surface area (TPSA) is 80.2 Å². The first-order chi connectivity index (χ1) is 8.35. The second kappa shape index (κ2) is 4.99. The zero-order chi connectivity index (χ0) is 13.3. The third kappa shape index (κ3) is 3.30. The summed E-state index contributed by atoms with van der Waals surface area (Å²) >= 11 is 5.69. The van der Waals surface area contributed by atoms with E-state index in [0.717, 1.165) is 0 Å². The summed E-state index contributed by atoms with van der Waals surface area (Å²) in [5.74, 6) is -0.454. The number of carbonyl (C=O) groups excluding carboxylic acids is 1. The normalized spacial score (nSPS) is 20.4. The van der Waals surface area contributed by atoms with Crippen LogP contribution in [0.25, 0.3) is 0 Å². The van der Waals surface area contributed by atoms with E-state index in [2.05, 4.69) is 9.97 Å². The van der Waals surface area contributed by atoms with Crippen LogP contribution in [0.5, 0.6) is 0 Å². The summed E-state index contributed by atoms with van der Waals surface area (Å²) in [5, 5.41) is 0.175. The maximum atomic E-state index is 11.8. The Kier molecular flexibility index (Phi) is 3.74. The van der Waals surface area contributed by atoms with E-state index < -0.39 is 9.05 Å². The van der Waals surface area contributed by atoms with Crippen LogP contribution < -0.4 is 4.90 Å². The quantitative estimate of drug-likeness (QED) is 0.780. The molecule has 0 aliphatic carbocycles. The Morgan fingerprint density at radius 3 is 2.78 bits per heavy atom. The van der Waals surface area contributed by atoms with Crippen molar-refractivity contribution in [3.63, 3.8) is 0 Å². The third-order valence-corrected chi connectivity index (χ3v) is 3.94. The average molecular weight is 310 g/mol. The number of rotatable bonds is 3. The second-order valence-electron chi connectivity index (χ2n) is 3.98. The molecule has 2 heterocycles. The molecule has 2 rings (SSSR count).